The molecule has 19 heavy (non-hydrogen) atoms. The summed E-state index contributed by atoms with van der Waals surface area (Å²) in [6.45, 7) is 0. The molecule has 0 fully saturated rings. The van der Waals surface area contributed by atoms with Crippen molar-refractivity contribution in [2.75, 3.05) is 7.05 Å². The monoisotopic (exact) mass is 322 g/mol. The first-order valence-electron chi connectivity index (χ1n) is 6.20. The zero-order valence-electron chi connectivity index (χ0n) is 10.7. The van der Waals surface area contributed by atoms with Crippen LogP contribution in [0.4, 0.5) is 4.39 Å². The molecule has 0 radical (unpaired) electrons. The van der Waals surface area contributed by atoms with Gasteiger partial charge in [-0.25, -0.2) is 4.39 Å². The summed E-state index contributed by atoms with van der Waals surface area (Å²) in [7, 11) is 1.94. The zero-order valence-corrected chi connectivity index (χ0v) is 12.3. The third-order valence-electron chi connectivity index (χ3n) is 3.07. The summed E-state index contributed by atoms with van der Waals surface area (Å²) < 4.78 is 13.9. The van der Waals surface area contributed by atoms with Gasteiger partial charge in [-0.2, -0.15) is 0 Å². The fourth-order valence-electron chi connectivity index (χ4n) is 2.00. The maximum Gasteiger partial charge on any atom is 0.124 e. The second-order valence-electron chi connectivity index (χ2n) is 4.45. The number of aromatic nitrogens is 1. The Bertz CT molecular complexity index is 531. The molecular weight excluding hydrogens is 307 g/mol. The van der Waals surface area contributed by atoms with Gasteiger partial charge in [-0.1, -0.05) is 28.1 Å². The number of hydrogen-bond acceptors (Lipinski definition) is 2. The molecule has 1 aromatic heterocycles. The van der Waals surface area contributed by atoms with Crippen molar-refractivity contribution in [2.24, 2.45) is 0 Å². The summed E-state index contributed by atoms with van der Waals surface area (Å²) in [6, 6.07) is 11.0. The number of pyridine rings is 1. The van der Waals surface area contributed by atoms with E-state index in [0.29, 0.717) is 0 Å². The lowest BCUT2D eigenvalue weighted by molar-refractivity contribution is 0.548. The fraction of sp³-hybridized carbons (Fsp3) is 0.267. The van der Waals surface area contributed by atoms with Crippen LogP contribution in [0.15, 0.2) is 47.1 Å². The molecule has 0 saturated heterocycles. The number of nitrogens with zero attached hydrogens (tertiary/aromatic N) is 1. The molecule has 2 rings (SSSR count). The fourth-order valence-corrected chi connectivity index (χ4v) is 2.51. The topological polar surface area (TPSA) is 24.9 Å². The van der Waals surface area contributed by atoms with Crippen molar-refractivity contribution in [3.8, 4) is 0 Å². The van der Waals surface area contributed by atoms with Gasteiger partial charge in [0.1, 0.15) is 5.82 Å². The van der Waals surface area contributed by atoms with Crippen molar-refractivity contribution in [1.29, 1.82) is 0 Å². The quantitative estimate of drug-likeness (QED) is 0.913. The standard InChI is InChI=1S/C15H16BrFN2/c1-18-14(10-13-4-2-3-7-19-13)8-11-5-6-12(17)9-15(11)16/h2-7,9,14,18H,8,10H2,1H3. The Morgan fingerprint density at radius 2 is 2.11 bits per heavy atom. The van der Waals surface area contributed by atoms with E-state index in [4.69, 9.17) is 0 Å². The van der Waals surface area contributed by atoms with Crippen molar-refractivity contribution in [1.82, 2.24) is 10.3 Å². The van der Waals surface area contributed by atoms with E-state index >= 15 is 0 Å². The van der Waals surface area contributed by atoms with Crippen LogP contribution < -0.4 is 5.32 Å². The van der Waals surface area contributed by atoms with Gasteiger partial charge in [0.05, 0.1) is 0 Å². The average Bonchev–Trinajstić information content (AvgIpc) is 2.42. The molecule has 1 aromatic carbocycles. The highest BCUT2D eigenvalue weighted by atomic mass is 79.9. The van der Waals surface area contributed by atoms with E-state index in [-0.39, 0.29) is 11.9 Å². The van der Waals surface area contributed by atoms with Gasteiger partial charge in [0.2, 0.25) is 0 Å². The van der Waals surface area contributed by atoms with Gasteiger partial charge in [-0.05, 0) is 43.3 Å². The van der Waals surface area contributed by atoms with Gasteiger partial charge in [0.15, 0.2) is 0 Å². The number of benzene rings is 1. The molecule has 0 saturated carbocycles. The van der Waals surface area contributed by atoms with Crippen LogP contribution in [0.3, 0.4) is 0 Å². The van der Waals surface area contributed by atoms with Crippen LogP contribution in [0.1, 0.15) is 11.3 Å². The van der Waals surface area contributed by atoms with Crippen molar-refractivity contribution < 1.29 is 4.39 Å². The summed E-state index contributed by atoms with van der Waals surface area (Å²) in [5, 5.41) is 3.29. The third-order valence-corrected chi connectivity index (χ3v) is 3.81. The second-order valence-corrected chi connectivity index (χ2v) is 5.30. The molecule has 1 heterocycles. The SMILES string of the molecule is CNC(Cc1ccccn1)Cc1ccc(F)cc1Br. The van der Waals surface area contributed by atoms with Gasteiger partial charge in [0.25, 0.3) is 0 Å². The molecule has 2 aromatic rings. The molecule has 0 bridgehead atoms. The summed E-state index contributed by atoms with van der Waals surface area (Å²) in [4.78, 5) is 4.33. The van der Waals surface area contributed by atoms with E-state index in [2.05, 4.69) is 26.2 Å². The number of nitrogens with one attached hydrogen (secondary N) is 1. The molecule has 1 unspecified atom stereocenters. The Morgan fingerprint density at radius 1 is 1.26 bits per heavy atom. The Morgan fingerprint density at radius 3 is 2.74 bits per heavy atom. The van der Waals surface area contributed by atoms with Crippen LogP contribution in [-0.2, 0) is 12.8 Å². The Labute approximate surface area is 121 Å². The summed E-state index contributed by atoms with van der Waals surface area (Å²) in [6.07, 6.45) is 3.48. The van der Waals surface area contributed by atoms with Crippen molar-refractivity contribution >= 4 is 15.9 Å². The third kappa shape index (κ3) is 4.11. The molecule has 0 aliphatic rings. The Hall–Kier alpha value is -1.26. The number of halogens is 2. The first kappa shape index (κ1) is 14.2. The van der Waals surface area contributed by atoms with Crippen LogP contribution in [0, 0.1) is 5.82 Å². The van der Waals surface area contributed by atoms with Crippen molar-refractivity contribution in [2.45, 2.75) is 18.9 Å². The van der Waals surface area contributed by atoms with Gasteiger partial charge in [-0.15, -0.1) is 0 Å². The molecule has 0 aliphatic heterocycles. The van der Waals surface area contributed by atoms with Gasteiger partial charge >= 0.3 is 0 Å². The van der Waals surface area contributed by atoms with Gasteiger partial charge < -0.3 is 5.32 Å². The summed E-state index contributed by atoms with van der Waals surface area (Å²) in [5.74, 6) is -0.221. The van der Waals surface area contributed by atoms with Crippen molar-refractivity contribution in [3.05, 3.63) is 64.1 Å². The minimum absolute atomic E-state index is 0.221. The zero-order chi connectivity index (χ0) is 13.7. The average molecular weight is 323 g/mol. The molecule has 0 amide bonds. The molecule has 2 nitrogen and oxygen atoms in total. The molecule has 0 spiro atoms. The molecule has 4 heteroatoms. The molecule has 0 aliphatic carbocycles. The lowest BCUT2D eigenvalue weighted by Gasteiger charge is -2.16. The van der Waals surface area contributed by atoms with E-state index in [9.17, 15) is 4.39 Å². The molecule has 1 atom stereocenters. The summed E-state index contributed by atoms with van der Waals surface area (Å²) >= 11 is 3.41. The van der Waals surface area contributed by atoms with E-state index in [1.807, 2.05) is 31.3 Å². The molecule has 1 N–H and O–H groups in total. The molecule has 100 valence electrons. The number of hydrogen-bond donors (Lipinski definition) is 1. The second kappa shape index (κ2) is 6.78. The normalized spacial score (nSPS) is 12.4. The van der Waals surface area contributed by atoms with Crippen molar-refractivity contribution in [3.63, 3.8) is 0 Å². The lowest BCUT2D eigenvalue weighted by atomic mass is 10.0. The highest BCUT2D eigenvalue weighted by Gasteiger charge is 2.11. The highest BCUT2D eigenvalue weighted by molar-refractivity contribution is 9.10. The van der Waals surface area contributed by atoms with Crippen LogP contribution >= 0.6 is 15.9 Å². The van der Waals surface area contributed by atoms with Crippen LogP contribution in [0.2, 0.25) is 0 Å². The predicted octanol–water partition coefficient (Wildman–Crippen LogP) is 3.36. The van der Waals surface area contributed by atoms with Gasteiger partial charge in [-0.3, -0.25) is 4.98 Å². The smallest absolute Gasteiger partial charge is 0.124 e. The van der Waals surface area contributed by atoms with Crippen LogP contribution in [0.5, 0.6) is 0 Å². The maximum atomic E-state index is 13.1. The maximum absolute atomic E-state index is 13.1. The highest BCUT2D eigenvalue weighted by Crippen LogP contribution is 2.20. The molecular formula is C15H16BrFN2. The van der Waals surface area contributed by atoms with E-state index in [1.165, 1.54) is 12.1 Å². The van der Waals surface area contributed by atoms with Crippen LogP contribution in [-0.4, -0.2) is 18.1 Å². The largest absolute Gasteiger partial charge is 0.316 e. The Balaban J connectivity index is 2.06. The minimum Gasteiger partial charge on any atom is -0.316 e. The van der Waals surface area contributed by atoms with E-state index in [0.717, 1.165) is 28.6 Å². The first-order chi connectivity index (χ1) is 9.19. The minimum atomic E-state index is -0.221. The van der Waals surface area contributed by atoms with E-state index in [1.54, 1.807) is 6.20 Å². The van der Waals surface area contributed by atoms with E-state index < -0.39 is 0 Å². The van der Waals surface area contributed by atoms with Crippen LogP contribution in [0.25, 0.3) is 0 Å². The Kier molecular flexibility index (Phi) is 5.05. The predicted molar refractivity (Wildman–Crippen MR) is 78.6 cm³/mol. The van der Waals surface area contributed by atoms with Gasteiger partial charge in [0, 0.05) is 28.8 Å². The first-order valence-corrected chi connectivity index (χ1v) is 6.99. The lowest BCUT2D eigenvalue weighted by Crippen LogP contribution is -2.30. The number of rotatable bonds is 5. The number of likely N-dealkylation sites (N-methyl/N-ethyl adjacent to an activating group) is 1. The summed E-state index contributed by atoms with van der Waals surface area (Å²) in [5.41, 5.74) is 2.15.